The summed E-state index contributed by atoms with van der Waals surface area (Å²) in [5.41, 5.74) is 2.43. The highest BCUT2D eigenvalue weighted by Gasteiger charge is 2.05. The molecule has 1 aromatic carbocycles. The lowest BCUT2D eigenvalue weighted by Gasteiger charge is -1.98. The van der Waals surface area contributed by atoms with Gasteiger partial charge in [0.1, 0.15) is 5.01 Å². The molecular formula is C9H7IN2S. The predicted octanol–water partition coefficient (Wildman–Crippen LogP) is 3.12. The molecule has 2 rings (SSSR count). The second-order valence-corrected chi connectivity index (χ2v) is 4.40. The molecule has 0 spiro atoms. The van der Waals surface area contributed by atoms with E-state index in [1.54, 1.807) is 0 Å². The van der Waals surface area contributed by atoms with Crippen LogP contribution in [0.5, 0.6) is 0 Å². The van der Waals surface area contributed by atoms with Gasteiger partial charge in [0.2, 0.25) is 3.83 Å². The highest BCUT2D eigenvalue weighted by atomic mass is 127. The van der Waals surface area contributed by atoms with Gasteiger partial charge in [-0.1, -0.05) is 24.3 Å². The van der Waals surface area contributed by atoms with Crippen molar-refractivity contribution in [3.05, 3.63) is 33.7 Å². The van der Waals surface area contributed by atoms with Crippen LogP contribution in [-0.2, 0) is 0 Å². The van der Waals surface area contributed by atoms with Crippen LogP contribution in [0.2, 0.25) is 0 Å². The van der Waals surface area contributed by atoms with E-state index in [9.17, 15) is 0 Å². The molecule has 0 fully saturated rings. The van der Waals surface area contributed by atoms with Gasteiger partial charge in [-0.05, 0) is 24.0 Å². The second-order valence-electron chi connectivity index (χ2n) is 2.68. The molecule has 0 aliphatic rings. The van der Waals surface area contributed by atoms with E-state index in [1.165, 1.54) is 22.7 Å². The summed E-state index contributed by atoms with van der Waals surface area (Å²) in [5.74, 6) is 0. The van der Waals surface area contributed by atoms with E-state index in [-0.39, 0.29) is 0 Å². The smallest absolute Gasteiger partial charge is 0.203 e. The standard InChI is InChI=1S/C9H7IN2S/c1-6-4-2-3-5-7(6)8-11-9(10)12-13-8/h2-5H,1H3. The molecule has 1 heterocycles. The molecule has 0 saturated heterocycles. The van der Waals surface area contributed by atoms with Gasteiger partial charge in [-0.15, -0.1) is 0 Å². The topological polar surface area (TPSA) is 25.8 Å². The van der Waals surface area contributed by atoms with Gasteiger partial charge in [-0.3, -0.25) is 0 Å². The lowest BCUT2D eigenvalue weighted by Crippen LogP contribution is -1.81. The van der Waals surface area contributed by atoms with E-state index >= 15 is 0 Å². The minimum Gasteiger partial charge on any atom is -0.210 e. The summed E-state index contributed by atoms with van der Waals surface area (Å²) in [6.45, 7) is 2.09. The summed E-state index contributed by atoms with van der Waals surface area (Å²) in [7, 11) is 0. The number of hydrogen-bond acceptors (Lipinski definition) is 3. The second kappa shape index (κ2) is 3.71. The molecule has 0 aliphatic carbocycles. The number of benzene rings is 1. The van der Waals surface area contributed by atoms with E-state index in [2.05, 4.69) is 51.0 Å². The largest absolute Gasteiger partial charge is 0.210 e. The Morgan fingerprint density at radius 3 is 2.69 bits per heavy atom. The molecule has 0 unspecified atom stereocenters. The molecule has 2 nitrogen and oxygen atoms in total. The van der Waals surface area contributed by atoms with E-state index in [0.717, 1.165) is 8.84 Å². The zero-order valence-corrected chi connectivity index (χ0v) is 9.96. The number of hydrogen-bond donors (Lipinski definition) is 0. The molecule has 0 aliphatic heterocycles. The van der Waals surface area contributed by atoms with Gasteiger partial charge in [-0.25, -0.2) is 4.98 Å². The van der Waals surface area contributed by atoms with Crippen LogP contribution in [0.4, 0.5) is 0 Å². The minimum atomic E-state index is 0.820. The van der Waals surface area contributed by atoms with Crippen molar-refractivity contribution in [2.75, 3.05) is 0 Å². The summed E-state index contributed by atoms with van der Waals surface area (Å²) < 4.78 is 4.97. The number of rotatable bonds is 1. The first-order valence-electron chi connectivity index (χ1n) is 3.82. The van der Waals surface area contributed by atoms with Gasteiger partial charge in [-0.2, -0.15) is 4.37 Å². The Kier molecular flexibility index (Phi) is 2.59. The molecular weight excluding hydrogens is 295 g/mol. The summed E-state index contributed by atoms with van der Waals surface area (Å²) in [6.07, 6.45) is 0. The summed E-state index contributed by atoms with van der Waals surface area (Å²) >= 11 is 3.58. The predicted molar refractivity (Wildman–Crippen MR) is 62.8 cm³/mol. The zero-order valence-electron chi connectivity index (χ0n) is 6.99. The van der Waals surface area contributed by atoms with Gasteiger partial charge >= 0.3 is 0 Å². The van der Waals surface area contributed by atoms with Gasteiger partial charge in [0, 0.05) is 28.2 Å². The molecule has 2 aromatic rings. The molecule has 0 atom stereocenters. The van der Waals surface area contributed by atoms with Crippen molar-refractivity contribution in [2.24, 2.45) is 0 Å². The highest BCUT2D eigenvalue weighted by molar-refractivity contribution is 14.1. The van der Waals surface area contributed by atoms with Crippen molar-refractivity contribution >= 4 is 34.1 Å². The van der Waals surface area contributed by atoms with Crippen molar-refractivity contribution in [1.82, 2.24) is 9.36 Å². The fourth-order valence-corrected chi connectivity index (χ4v) is 2.49. The Balaban J connectivity index is 2.52. The van der Waals surface area contributed by atoms with E-state index in [4.69, 9.17) is 0 Å². The van der Waals surface area contributed by atoms with Gasteiger partial charge < -0.3 is 0 Å². The lowest BCUT2D eigenvalue weighted by molar-refractivity contribution is 1.25. The molecule has 0 amide bonds. The molecule has 0 radical (unpaired) electrons. The van der Waals surface area contributed by atoms with Crippen LogP contribution in [0, 0.1) is 10.8 Å². The molecule has 66 valence electrons. The Hall–Kier alpha value is -0.490. The molecule has 0 saturated carbocycles. The SMILES string of the molecule is Cc1ccccc1-c1nc(I)ns1. The van der Waals surface area contributed by atoms with Crippen LogP contribution in [0.1, 0.15) is 5.56 Å². The summed E-state index contributed by atoms with van der Waals surface area (Å²) in [6, 6.07) is 8.22. The first kappa shape index (κ1) is 9.08. The maximum Gasteiger partial charge on any atom is 0.203 e. The van der Waals surface area contributed by atoms with Crippen LogP contribution in [0.3, 0.4) is 0 Å². The van der Waals surface area contributed by atoms with Crippen LogP contribution in [0.15, 0.2) is 24.3 Å². The van der Waals surface area contributed by atoms with Crippen LogP contribution < -0.4 is 0 Å². The highest BCUT2D eigenvalue weighted by Crippen LogP contribution is 2.24. The zero-order chi connectivity index (χ0) is 9.26. The third-order valence-electron chi connectivity index (χ3n) is 1.78. The molecule has 13 heavy (non-hydrogen) atoms. The van der Waals surface area contributed by atoms with E-state index in [1.807, 2.05) is 12.1 Å². The first-order chi connectivity index (χ1) is 6.27. The van der Waals surface area contributed by atoms with Crippen molar-refractivity contribution in [1.29, 1.82) is 0 Å². The van der Waals surface area contributed by atoms with Gasteiger partial charge in [0.05, 0.1) is 0 Å². The van der Waals surface area contributed by atoms with Crippen molar-refractivity contribution in [3.63, 3.8) is 0 Å². The van der Waals surface area contributed by atoms with Gasteiger partial charge in [0.15, 0.2) is 0 Å². The molecule has 0 bridgehead atoms. The average molecular weight is 302 g/mol. The number of aryl methyl sites for hydroxylation is 1. The first-order valence-corrected chi connectivity index (χ1v) is 5.68. The third kappa shape index (κ3) is 1.88. The van der Waals surface area contributed by atoms with Crippen molar-refractivity contribution in [2.45, 2.75) is 6.92 Å². The van der Waals surface area contributed by atoms with Crippen LogP contribution in [-0.4, -0.2) is 9.36 Å². The van der Waals surface area contributed by atoms with Crippen molar-refractivity contribution < 1.29 is 0 Å². The van der Waals surface area contributed by atoms with E-state index in [0.29, 0.717) is 0 Å². The summed E-state index contributed by atoms with van der Waals surface area (Å²) in [5, 5.41) is 1.00. The van der Waals surface area contributed by atoms with Crippen molar-refractivity contribution in [3.8, 4) is 10.6 Å². The number of aromatic nitrogens is 2. The van der Waals surface area contributed by atoms with Crippen LogP contribution in [0.25, 0.3) is 10.6 Å². The fourth-order valence-electron chi connectivity index (χ4n) is 1.13. The monoisotopic (exact) mass is 302 g/mol. The molecule has 1 aromatic heterocycles. The molecule has 0 N–H and O–H groups in total. The minimum absolute atomic E-state index is 0.820. The maximum absolute atomic E-state index is 4.34. The quantitative estimate of drug-likeness (QED) is 0.756. The lowest BCUT2D eigenvalue weighted by atomic mass is 10.1. The normalized spacial score (nSPS) is 10.3. The Morgan fingerprint density at radius 1 is 1.31 bits per heavy atom. The Labute approximate surface area is 94.3 Å². The Morgan fingerprint density at radius 2 is 2.08 bits per heavy atom. The third-order valence-corrected chi connectivity index (χ3v) is 3.33. The van der Waals surface area contributed by atoms with E-state index < -0.39 is 0 Å². The fraction of sp³-hybridized carbons (Fsp3) is 0.111. The van der Waals surface area contributed by atoms with Gasteiger partial charge in [0.25, 0.3) is 0 Å². The summed E-state index contributed by atoms with van der Waals surface area (Å²) in [4.78, 5) is 4.34. The maximum atomic E-state index is 4.34. The molecule has 4 heteroatoms. The average Bonchev–Trinajstić information content (AvgIpc) is 2.53. The van der Waals surface area contributed by atoms with Crippen LogP contribution >= 0.6 is 34.1 Å². The number of halogens is 1. The Bertz CT molecular complexity index is 425. The number of nitrogens with zero attached hydrogens (tertiary/aromatic N) is 2.